The summed E-state index contributed by atoms with van der Waals surface area (Å²) in [6.45, 7) is 1.40. The van der Waals surface area contributed by atoms with Crippen LogP contribution < -0.4 is 10.0 Å². The fraction of sp³-hybridized carbons (Fsp3) is 1.00. The van der Waals surface area contributed by atoms with Crippen LogP contribution in [0.5, 0.6) is 0 Å². The van der Waals surface area contributed by atoms with Gasteiger partial charge in [-0.05, 0) is 13.0 Å². The van der Waals surface area contributed by atoms with Crippen LogP contribution >= 0.6 is 0 Å². The van der Waals surface area contributed by atoms with Crippen molar-refractivity contribution in [3.8, 4) is 0 Å². The minimum Gasteiger partial charge on any atom is -0.315 e. The lowest BCUT2D eigenvalue weighted by atomic mass is 10.3. The number of hydrogen-bond acceptors (Lipinski definition) is 3. The van der Waals surface area contributed by atoms with Gasteiger partial charge in [0.2, 0.25) is 15.0 Å². The zero-order valence-electron chi connectivity index (χ0n) is 7.22. The van der Waals surface area contributed by atoms with Gasteiger partial charge in [-0.3, -0.25) is 0 Å². The quantitative estimate of drug-likeness (QED) is 0.671. The lowest BCUT2D eigenvalue weighted by Crippen LogP contribution is -2.41. The Morgan fingerprint density at radius 3 is 2.62 bits per heavy atom. The standard InChI is InChI=1S/C7H13FN2O2S/c8-7(2-3-7)13(11,12)10-6-1-4-9-5-6/h6,9-10H,1-5H2/t6-/m0/s1. The topological polar surface area (TPSA) is 58.2 Å². The fourth-order valence-corrected chi connectivity index (χ4v) is 2.94. The molecule has 0 amide bonds. The summed E-state index contributed by atoms with van der Waals surface area (Å²) >= 11 is 0. The highest BCUT2D eigenvalue weighted by Gasteiger charge is 2.56. The first kappa shape index (κ1) is 9.36. The van der Waals surface area contributed by atoms with Crippen molar-refractivity contribution >= 4 is 10.0 Å². The first-order valence-corrected chi connectivity index (χ1v) is 5.93. The maximum absolute atomic E-state index is 13.3. The van der Waals surface area contributed by atoms with E-state index in [0.29, 0.717) is 6.54 Å². The second-order valence-corrected chi connectivity index (χ2v) is 5.67. The predicted octanol–water partition coefficient (Wildman–Crippen LogP) is -0.273. The van der Waals surface area contributed by atoms with Gasteiger partial charge >= 0.3 is 0 Å². The van der Waals surface area contributed by atoms with Crippen LogP contribution in [0.3, 0.4) is 0 Å². The van der Waals surface area contributed by atoms with Crippen molar-refractivity contribution in [2.75, 3.05) is 13.1 Å². The molecule has 0 aromatic carbocycles. The highest BCUT2D eigenvalue weighted by Crippen LogP contribution is 2.44. The van der Waals surface area contributed by atoms with Crippen molar-refractivity contribution in [3.05, 3.63) is 0 Å². The number of halogens is 1. The van der Waals surface area contributed by atoms with Gasteiger partial charge in [-0.15, -0.1) is 0 Å². The zero-order chi connectivity index (χ0) is 9.53. The molecule has 4 nitrogen and oxygen atoms in total. The predicted molar refractivity (Wildman–Crippen MR) is 46.4 cm³/mol. The van der Waals surface area contributed by atoms with Crippen LogP contribution in [0.15, 0.2) is 0 Å². The number of hydrogen-bond donors (Lipinski definition) is 2. The molecule has 13 heavy (non-hydrogen) atoms. The zero-order valence-corrected chi connectivity index (χ0v) is 8.03. The van der Waals surface area contributed by atoms with Gasteiger partial charge in [0.25, 0.3) is 0 Å². The molecular weight excluding hydrogens is 195 g/mol. The molecule has 0 radical (unpaired) electrons. The third kappa shape index (κ3) is 1.70. The molecule has 0 bridgehead atoms. The van der Waals surface area contributed by atoms with Crippen molar-refractivity contribution in [1.82, 2.24) is 10.0 Å². The van der Waals surface area contributed by atoms with Crippen molar-refractivity contribution in [3.63, 3.8) is 0 Å². The Kier molecular flexibility index (Phi) is 2.08. The minimum atomic E-state index is -3.73. The second-order valence-electron chi connectivity index (χ2n) is 3.69. The van der Waals surface area contributed by atoms with Crippen LogP contribution in [-0.4, -0.2) is 32.5 Å². The van der Waals surface area contributed by atoms with E-state index >= 15 is 0 Å². The maximum atomic E-state index is 13.3. The average molecular weight is 208 g/mol. The largest absolute Gasteiger partial charge is 0.315 e. The summed E-state index contributed by atoms with van der Waals surface area (Å²) in [5.74, 6) is 0. The van der Waals surface area contributed by atoms with E-state index in [9.17, 15) is 12.8 Å². The molecule has 1 aliphatic carbocycles. The van der Waals surface area contributed by atoms with Gasteiger partial charge in [0.05, 0.1) is 0 Å². The van der Waals surface area contributed by atoms with Crippen LogP contribution in [0.1, 0.15) is 19.3 Å². The Hall–Kier alpha value is -0.200. The molecule has 6 heteroatoms. The SMILES string of the molecule is O=S(=O)(N[C@H]1CCNC1)C1(F)CC1. The molecule has 2 aliphatic rings. The van der Waals surface area contributed by atoms with E-state index < -0.39 is 15.0 Å². The lowest BCUT2D eigenvalue weighted by Gasteiger charge is -2.13. The summed E-state index contributed by atoms with van der Waals surface area (Å²) < 4.78 is 38.4. The van der Waals surface area contributed by atoms with Gasteiger partial charge in [0.1, 0.15) is 0 Å². The Morgan fingerprint density at radius 2 is 2.15 bits per heavy atom. The van der Waals surface area contributed by atoms with E-state index in [-0.39, 0.29) is 18.9 Å². The molecule has 2 fully saturated rings. The van der Waals surface area contributed by atoms with Crippen molar-refractivity contribution in [2.45, 2.75) is 30.3 Å². The van der Waals surface area contributed by atoms with Crippen molar-refractivity contribution in [1.29, 1.82) is 0 Å². The molecule has 1 saturated carbocycles. The molecule has 0 aromatic heterocycles. The molecule has 0 unspecified atom stereocenters. The van der Waals surface area contributed by atoms with Gasteiger partial charge in [-0.25, -0.2) is 17.5 Å². The van der Waals surface area contributed by atoms with Crippen molar-refractivity contribution in [2.24, 2.45) is 0 Å². The summed E-state index contributed by atoms with van der Waals surface area (Å²) in [6, 6.07) is -0.127. The first-order valence-electron chi connectivity index (χ1n) is 4.45. The molecule has 0 spiro atoms. The lowest BCUT2D eigenvalue weighted by molar-refractivity contribution is 0.393. The third-order valence-corrected chi connectivity index (χ3v) is 4.52. The molecule has 1 aliphatic heterocycles. The van der Waals surface area contributed by atoms with Gasteiger partial charge in [0, 0.05) is 25.4 Å². The van der Waals surface area contributed by atoms with Crippen molar-refractivity contribution < 1.29 is 12.8 Å². The molecule has 1 heterocycles. The first-order chi connectivity index (χ1) is 6.04. The van der Waals surface area contributed by atoms with Gasteiger partial charge in [0.15, 0.2) is 0 Å². The molecule has 1 saturated heterocycles. The molecule has 76 valence electrons. The smallest absolute Gasteiger partial charge is 0.247 e. The van der Waals surface area contributed by atoms with Crippen LogP contribution in [0.2, 0.25) is 0 Å². The van der Waals surface area contributed by atoms with E-state index in [4.69, 9.17) is 0 Å². The molecule has 2 rings (SSSR count). The van der Waals surface area contributed by atoms with Gasteiger partial charge in [-0.2, -0.15) is 0 Å². The molecular formula is C7H13FN2O2S. The summed E-state index contributed by atoms with van der Waals surface area (Å²) in [4.78, 5) is 0. The van der Waals surface area contributed by atoms with Crippen LogP contribution in [0, 0.1) is 0 Å². The normalized spacial score (nSPS) is 31.9. The monoisotopic (exact) mass is 208 g/mol. The van der Waals surface area contributed by atoms with Crippen LogP contribution in [0.25, 0.3) is 0 Å². The van der Waals surface area contributed by atoms with E-state index in [1.165, 1.54) is 0 Å². The maximum Gasteiger partial charge on any atom is 0.247 e. The number of nitrogens with one attached hydrogen (secondary N) is 2. The number of sulfonamides is 1. The van der Waals surface area contributed by atoms with E-state index in [1.807, 2.05) is 0 Å². The van der Waals surface area contributed by atoms with Crippen LogP contribution in [0.4, 0.5) is 4.39 Å². The Bertz CT molecular complexity index is 294. The Morgan fingerprint density at radius 1 is 1.46 bits per heavy atom. The second kappa shape index (κ2) is 2.90. The average Bonchev–Trinajstić information content (AvgIpc) is 2.63. The van der Waals surface area contributed by atoms with Gasteiger partial charge in [-0.1, -0.05) is 0 Å². The number of alkyl halides is 1. The fourth-order valence-electron chi connectivity index (χ4n) is 1.45. The third-order valence-electron chi connectivity index (χ3n) is 2.51. The minimum absolute atomic E-state index is 0.127. The number of rotatable bonds is 3. The summed E-state index contributed by atoms with van der Waals surface area (Å²) in [7, 11) is -3.73. The highest BCUT2D eigenvalue weighted by molar-refractivity contribution is 7.91. The highest BCUT2D eigenvalue weighted by atomic mass is 32.2. The van der Waals surface area contributed by atoms with Gasteiger partial charge < -0.3 is 5.32 Å². The Labute approximate surface area is 76.9 Å². The van der Waals surface area contributed by atoms with E-state index in [0.717, 1.165) is 13.0 Å². The van der Waals surface area contributed by atoms with E-state index in [2.05, 4.69) is 10.0 Å². The molecule has 1 atom stereocenters. The Balaban J connectivity index is 2.00. The molecule has 0 aromatic rings. The summed E-state index contributed by atoms with van der Waals surface area (Å²) in [5, 5.41) is 1.05. The van der Waals surface area contributed by atoms with E-state index in [1.54, 1.807) is 0 Å². The molecule has 2 N–H and O–H groups in total. The van der Waals surface area contributed by atoms with Crippen LogP contribution in [-0.2, 0) is 10.0 Å². The summed E-state index contributed by atoms with van der Waals surface area (Å²) in [5.41, 5.74) is 0. The summed E-state index contributed by atoms with van der Waals surface area (Å²) in [6.07, 6.45) is 1.03.